The Labute approximate surface area is 202 Å². The first-order valence-electron chi connectivity index (χ1n) is 13.2. The van der Waals surface area contributed by atoms with Crippen molar-refractivity contribution in [3.05, 3.63) is 0 Å². The van der Waals surface area contributed by atoms with Crippen LogP contribution in [0.25, 0.3) is 0 Å². The fourth-order valence-corrected chi connectivity index (χ4v) is 11.7. The van der Waals surface area contributed by atoms with Crippen LogP contribution in [0.4, 0.5) is 0 Å². The van der Waals surface area contributed by atoms with Gasteiger partial charge in [-0.15, -0.1) is 0 Å². The van der Waals surface area contributed by atoms with Crippen LogP contribution < -0.4 is 0 Å². The Kier molecular flexibility index (Phi) is 4.81. The van der Waals surface area contributed by atoms with Crippen LogP contribution >= 0.6 is 0 Å². The summed E-state index contributed by atoms with van der Waals surface area (Å²) in [5.41, 5.74) is -1.83. The van der Waals surface area contributed by atoms with Gasteiger partial charge in [0.25, 0.3) is 0 Å². The summed E-state index contributed by atoms with van der Waals surface area (Å²) in [4.78, 5) is 2.61. The molecule has 7 aliphatic rings. The van der Waals surface area contributed by atoms with Gasteiger partial charge < -0.3 is 33.5 Å². The monoisotopic (exact) mass is 479 g/mol. The van der Waals surface area contributed by atoms with Crippen LogP contribution in [0.1, 0.15) is 32.6 Å². The van der Waals surface area contributed by atoms with E-state index >= 15 is 0 Å². The second-order valence-electron chi connectivity index (χ2n) is 12.2. The normalized spacial score (nSPS) is 61.1. The summed E-state index contributed by atoms with van der Waals surface area (Å²) in [6.07, 6.45) is 3.20. The van der Waals surface area contributed by atoms with Gasteiger partial charge in [0.1, 0.15) is 18.0 Å². The zero-order valence-electron chi connectivity index (χ0n) is 21.2. The molecular formula is C26H41NO7. The molecule has 3 spiro atoms. The third-order valence-electron chi connectivity index (χ3n) is 12.0. The molecule has 13 atom stereocenters. The Hall–Kier alpha value is -0.320. The Morgan fingerprint density at radius 2 is 1.91 bits per heavy atom. The highest BCUT2D eigenvalue weighted by molar-refractivity contribution is 5.42. The number of methoxy groups -OCH3 is 4. The predicted molar refractivity (Wildman–Crippen MR) is 121 cm³/mol. The molecule has 8 heteroatoms. The van der Waals surface area contributed by atoms with Gasteiger partial charge in [-0.05, 0) is 31.7 Å². The highest BCUT2D eigenvalue weighted by Gasteiger charge is 2.93. The molecule has 0 amide bonds. The highest BCUT2D eigenvalue weighted by Crippen LogP contribution is 2.82. The maximum atomic E-state index is 12.6. The minimum atomic E-state index is -0.825. The van der Waals surface area contributed by atoms with Crippen LogP contribution in [0.3, 0.4) is 0 Å². The summed E-state index contributed by atoms with van der Waals surface area (Å²) < 4.78 is 38.3. The third kappa shape index (κ3) is 2.05. The van der Waals surface area contributed by atoms with E-state index in [9.17, 15) is 5.11 Å². The topological polar surface area (TPSA) is 78.9 Å². The molecule has 8 nitrogen and oxygen atoms in total. The van der Waals surface area contributed by atoms with Gasteiger partial charge in [-0.3, -0.25) is 4.90 Å². The van der Waals surface area contributed by atoms with Crippen molar-refractivity contribution in [2.75, 3.05) is 54.9 Å². The molecule has 2 aliphatic heterocycles. The lowest BCUT2D eigenvalue weighted by molar-refractivity contribution is -0.287. The number of aliphatic hydroxyl groups is 1. The summed E-state index contributed by atoms with van der Waals surface area (Å²) in [6, 6.07) is 0.0378. The number of nitrogens with zero attached hydrogens (tertiary/aromatic N) is 1. The summed E-state index contributed by atoms with van der Waals surface area (Å²) >= 11 is 0. The SMILES string of the molecule is CCN1C[C@]2(COC)CC[C@H](OC)[C@@]34[C@@H]1[C@@]1(OCO[C@@]15C[C@H](OC)[C@H]1C[C@H]3[C@@H]5[C@H]1OC)[C@@H](O)[C@@H]24. The predicted octanol–water partition coefficient (Wildman–Crippen LogP) is 1.29. The number of rotatable bonds is 6. The van der Waals surface area contributed by atoms with Gasteiger partial charge >= 0.3 is 0 Å². The molecule has 7 bridgehead atoms. The first-order valence-corrected chi connectivity index (χ1v) is 13.2. The summed E-state index contributed by atoms with van der Waals surface area (Å²) in [5.74, 6) is 0.813. The summed E-state index contributed by atoms with van der Waals surface area (Å²) in [6.45, 7) is 4.93. The molecule has 0 aromatic rings. The number of fused-ring (bicyclic) bond motifs is 1. The van der Waals surface area contributed by atoms with Crippen LogP contribution in [0.15, 0.2) is 0 Å². The van der Waals surface area contributed by atoms with Crippen molar-refractivity contribution in [1.82, 2.24) is 4.90 Å². The first kappa shape index (κ1) is 22.8. The quantitative estimate of drug-likeness (QED) is 0.611. The largest absolute Gasteiger partial charge is 0.390 e. The average molecular weight is 480 g/mol. The molecule has 0 aromatic heterocycles. The zero-order chi connectivity index (χ0) is 23.7. The average Bonchev–Trinajstić information content (AvgIpc) is 3.42. The molecule has 1 N–H and O–H groups in total. The Balaban J connectivity index is 1.55. The van der Waals surface area contributed by atoms with E-state index in [-0.39, 0.29) is 53.8 Å². The van der Waals surface area contributed by atoms with Gasteiger partial charge in [0.15, 0.2) is 0 Å². The Bertz CT molecular complexity index is 859. The van der Waals surface area contributed by atoms with E-state index < -0.39 is 17.3 Å². The number of piperidine rings is 1. The first-order chi connectivity index (χ1) is 16.5. The summed E-state index contributed by atoms with van der Waals surface area (Å²) in [7, 11) is 7.32. The van der Waals surface area contributed by atoms with Crippen molar-refractivity contribution >= 4 is 0 Å². The molecule has 7 rings (SSSR count). The number of likely N-dealkylation sites (tertiary alicyclic amines) is 1. The lowest BCUT2D eigenvalue weighted by Gasteiger charge is -2.70. The smallest absolute Gasteiger partial charge is 0.148 e. The van der Waals surface area contributed by atoms with Gasteiger partial charge in [0.2, 0.25) is 0 Å². The minimum absolute atomic E-state index is 0.0240. The van der Waals surface area contributed by atoms with Gasteiger partial charge in [0, 0.05) is 70.0 Å². The molecule has 0 radical (unpaired) electrons. The molecule has 5 aliphatic carbocycles. The number of hydrogen-bond acceptors (Lipinski definition) is 8. The molecule has 5 saturated carbocycles. The molecule has 34 heavy (non-hydrogen) atoms. The molecular weight excluding hydrogens is 438 g/mol. The van der Waals surface area contributed by atoms with Gasteiger partial charge in [0.05, 0.1) is 37.1 Å². The van der Waals surface area contributed by atoms with Crippen molar-refractivity contribution in [1.29, 1.82) is 0 Å². The van der Waals surface area contributed by atoms with Gasteiger partial charge in [-0.2, -0.15) is 0 Å². The molecule has 2 heterocycles. The van der Waals surface area contributed by atoms with Crippen LogP contribution in [-0.2, 0) is 28.4 Å². The maximum absolute atomic E-state index is 12.6. The highest BCUT2D eigenvalue weighted by atomic mass is 16.7. The van der Waals surface area contributed by atoms with Crippen LogP contribution in [0, 0.1) is 34.5 Å². The number of hydrogen-bond donors (Lipinski definition) is 1. The van der Waals surface area contributed by atoms with Gasteiger partial charge in [-0.25, -0.2) is 0 Å². The minimum Gasteiger partial charge on any atom is -0.390 e. The second-order valence-corrected chi connectivity index (χ2v) is 12.2. The van der Waals surface area contributed by atoms with Gasteiger partial charge in [-0.1, -0.05) is 6.92 Å². The fourth-order valence-electron chi connectivity index (χ4n) is 11.7. The van der Waals surface area contributed by atoms with E-state index in [1.165, 1.54) is 0 Å². The molecule has 0 aromatic carbocycles. The van der Waals surface area contributed by atoms with Crippen molar-refractivity contribution in [2.45, 2.75) is 74.3 Å². The molecule has 2 saturated heterocycles. The Morgan fingerprint density at radius 3 is 2.59 bits per heavy atom. The third-order valence-corrected chi connectivity index (χ3v) is 12.0. The van der Waals surface area contributed by atoms with Crippen LogP contribution in [-0.4, -0.2) is 107 Å². The lowest BCUT2D eigenvalue weighted by atomic mass is 9.42. The van der Waals surface area contributed by atoms with E-state index in [4.69, 9.17) is 28.4 Å². The Morgan fingerprint density at radius 1 is 1.09 bits per heavy atom. The molecule has 7 fully saturated rings. The summed E-state index contributed by atoms with van der Waals surface area (Å²) in [5, 5.41) is 12.6. The van der Waals surface area contributed by atoms with E-state index in [0.717, 1.165) is 38.8 Å². The van der Waals surface area contributed by atoms with Crippen molar-refractivity contribution in [3.8, 4) is 0 Å². The number of likely N-dealkylation sites (N-methyl/N-ethyl adjacent to an activating group) is 1. The van der Waals surface area contributed by atoms with Crippen LogP contribution in [0.2, 0.25) is 0 Å². The van der Waals surface area contributed by atoms with Crippen LogP contribution in [0.5, 0.6) is 0 Å². The van der Waals surface area contributed by atoms with Crippen molar-refractivity contribution in [2.24, 2.45) is 34.5 Å². The van der Waals surface area contributed by atoms with Crippen molar-refractivity contribution in [3.63, 3.8) is 0 Å². The van der Waals surface area contributed by atoms with E-state index in [1.807, 2.05) is 21.3 Å². The number of ether oxygens (including phenoxy) is 6. The maximum Gasteiger partial charge on any atom is 0.148 e. The fraction of sp³-hybridized carbons (Fsp3) is 1.00. The van der Waals surface area contributed by atoms with E-state index in [0.29, 0.717) is 18.4 Å². The second kappa shape index (κ2) is 7.16. The molecule has 192 valence electrons. The lowest BCUT2D eigenvalue weighted by Crippen LogP contribution is -2.81. The van der Waals surface area contributed by atoms with E-state index in [1.54, 1.807) is 7.11 Å². The zero-order valence-corrected chi connectivity index (χ0v) is 21.2. The van der Waals surface area contributed by atoms with Crippen molar-refractivity contribution < 1.29 is 33.5 Å². The number of aliphatic hydroxyl groups excluding tert-OH is 1. The van der Waals surface area contributed by atoms with E-state index in [2.05, 4.69) is 11.8 Å². The molecule has 0 unspecified atom stereocenters. The standard InChI is InChI=1S/C26H41NO7/c1-6-27-11-23(12-29-2)8-7-17(31-4)25-15-9-14-16(30-3)10-24(18(15)19(14)32-5)26(22(25)27,34-13-33-24)21(28)20(23)25/h14-22,28H,6-13H2,1-5H3/t14-,15+,16+,17+,18-,19+,20+,21+,22-,23+,24-,25+,26+/m1/s1.